The predicted octanol–water partition coefficient (Wildman–Crippen LogP) is 1.26. The van der Waals surface area contributed by atoms with Gasteiger partial charge in [-0.25, -0.2) is 0 Å². The molecule has 2 N–H and O–H groups in total. The minimum absolute atomic E-state index is 0.445. The van der Waals surface area contributed by atoms with Gasteiger partial charge in [-0.3, -0.25) is 0 Å². The molecule has 0 saturated carbocycles. The van der Waals surface area contributed by atoms with E-state index in [0.29, 0.717) is 0 Å². The predicted molar refractivity (Wildman–Crippen MR) is 70.6 cm³/mol. The lowest BCUT2D eigenvalue weighted by Crippen LogP contribution is -2.65. The van der Waals surface area contributed by atoms with Crippen molar-refractivity contribution in [3.63, 3.8) is 0 Å². The van der Waals surface area contributed by atoms with Crippen LogP contribution >= 0.6 is 0 Å². The van der Waals surface area contributed by atoms with E-state index in [1.54, 1.807) is 0 Å². The fourth-order valence-electron chi connectivity index (χ4n) is 2.59. The third kappa shape index (κ3) is 1.95. The van der Waals surface area contributed by atoms with Gasteiger partial charge in [-0.2, -0.15) is 0 Å². The van der Waals surface area contributed by atoms with Crippen LogP contribution in [-0.4, -0.2) is 31.5 Å². The highest BCUT2D eigenvalue weighted by atomic mass is 28.3. The van der Waals surface area contributed by atoms with Gasteiger partial charge in [0.2, 0.25) is 0 Å². The summed E-state index contributed by atoms with van der Waals surface area (Å²) in [5.41, 5.74) is 0. The molecule has 1 aromatic carbocycles. The van der Waals surface area contributed by atoms with Crippen LogP contribution in [0.25, 0.3) is 0 Å². The van der Waals surface area contributed by atoms with E-state index in [9.17, 15) is 5.11 Å². The molecule has 0 amide bonds. The molecule has 1 fully saturated rings. The molecular formula is C13H21NOSi. The van der Waals surface area contributed by atoms with E-state index in [2.05, 4.69) is 42.7 Å². The standard InChI is InChI=1S/C13H21NOSi/c1-16(2,12-6-4-3-5-7-12)13(15)8-10-14-11-9-13/h3-7,14-15H,8-11H2,1-2H3. The Labute approximate surface area is 98.7 Å². The molecule has 1 heterocycles. The van der Waals surface area contributed by atoms with Crippen molar-refractivity contribution < 1.29 is 5.11 Å². The average molecular weight is 235 g/mol. The van der Waals surface area contributed by atoms with Crippen molar-refractivity contribution in [2.24, 2.45) is 0 Å². The van der Waals surface area contributed by atoms with Crippen LogP contribution in [0, 0.1) is 0 Å². The van der Waals surface area contributed by atoms with Gasteiger partial charge in [-0.05, 0) is 25.9 Å². The maximum Gasteiger partial charge on any atom is 0.117 e. The summed E-state index contributed by atoms with van der Waals surface area (Å²) in [7, 11) is -1.79. The van der Waals surface area contributed by atoms with Gasteiger partial charge < -0.3 is 10.4 Å². The monoisotopic (exact) mass is 235 g/mol. The number of benzene rings is 1. The molecule has 0 unspecified atom stereocenters. The summed E-state index contributed by atoms with van der Waals surface area (Å²) in [4.78, 5) is 0. The zero-order valence-corrected chi connectivity index (χ0v) is 11.2. The van der Waals surface area contributed by atoms with Gasteiger partial charge >= 0.3 is 0 Å². The molecule has 0 spiro atoms. The molecule has 1 saturated heterocycles. The second-order valence-electron chi connectivity index (χ2n) is 5.27. The fourth-order valence-corrected chi connectivity index (χ4v) is 5.65. The van der Waals surface area contributed by atoms with Crippen LogP contribution in [-0.2, 0) is 0 Å². The van der Waals surface area contributed by atoms with Crippen molar-refractivity contribution in [2.45, 2.75) is 31.2 Å². The van der Waals surface area contributed by atoms with Gasteiger partial charge in [-0.1, -0.05) is 48.6 Å². The Morgan fingerprint density at radius 3 is 2.25 bits per heavy atom. The summed E-state index contributed by atoms with van der Waals surface area (Å²) < 4.78 is 0. The van der Waals surface area contributed by atoms with E-state index in [-0.39, 0.29) is 0 Å². The van der Waals surface area contributed by atoms with Crippen LogP contribution in [0.4, 0.5) is 0 Å². The first kappa shape index (κ1) is 11.8. The first-order valence-electron chi connectivity index (χ1n) is 6.05. The van der Waals surface area contributed by atoms with Crippen LogP contribution in [0.2, 0.25) is 13.1 Å². The van der Waals surface area contributed by atoms with Gasteiger partial charge in [0, 0.05) is 0 Å². The number of aliphatic hydroxyl groups is 1. The molecule has 1 aliphatic rings. The second-order valence-corrected chi connectivity index (χ2v) is 10.0. The van der Waals surface area contributed by atoms with E-state index >= 15 is 0 Å². The Bertz CT molecular complexity index is 344. The van der Waals surface area contributed by atoms with Crippen molar-refractivity contribution in [2.75, 3.05) is 13.1 Å². The molecule has 0 aromatic heterocycles. The summed E-state index contributed by atoms with van der Waals surface area (Å²) in [6, 6.07) is 10.5. The van der Waals surface area contributed by atoms with Crippen LogP contribution in [0.1, 0.15) is 12.8 Å². The lowest BCUT2D eigenvalue weighted by molar-refractivity contribution is 0.0821. The lowest BCUT2D eigenvalue weighted by atomic mass is 10.1. The number of nitrogens with one attached hydrogen (secondary N) is 1. The van der Waals surface area contributed by atoms with Gasteiger partial charge in [0.1, 0.15) is 8.07 Å². The molecule has 0 bridgehead atoms. The molecule has 0 aliphatic carbocycles. The lowest BCUT2D eigenvalue weighted by Gasteiger charge is -2.44. The van der Waals surface area contributed by atoms with E-state index < -0.39 is 13.3 Å². The number of hydrogen-bond donors (Lipinski definition) is 2. The smallest absolute Gasteiger partial charge is 0.117 e. The molecule has 1 aromatic rings. The SMILES string of the molecule is C[Si](C)(c1ccccc1)C1(O)CCNCC1. The third-order valence-corrected chi connectivity index (χ3v) is 8.69. The van der Waals surface area contributed by atoms with Gasteiger partial charge in [0.25, 0.3) is 0 Å². The Morgan fingerprint density at radius 1 is 1.12 bits per heavy atom. The largest absolute Gasteiger partial charge is 0.393 e. The van der Waals surface area contributed by atoms with E-state index in [4.69, 9.17) is 0 Å². The minimum atomic E-state index is -1.79. The van der Waals surface area contributed by atoms with Crippen LogP contribution < -0.4 is 10.5 Å². The first-order chi connectivity index (χ1) is 7.56. The Kier molecular flexibility index (Phi) is 3.19. The van der Waals surface area contributed by atoms with Gasteiger partial charge in [-0.15, -0.1) is 0 Å². The highest BCUT2D eigenvalue weighted by molar-refractivity contribution is 6.92. The van der Waals surface area contributed by atoms with Crippen molar-refractivity contribution in [1.29, 1.82) is 0 Å². The minimum Gasteiger partial charge on any atom is -0.393 e. The molecule has 88 valence electrons. The topological polar surface area (TPSA) is 32.3 Å². The Balaban J connectivity index is 2.30. The van der Waals surface area contributed by atoms with E-state index in [1.165, 1.54) is 5.19 Å². The quantitative estimate of drug-likeness (QED) is 0.756. The fraction of sp³-hybridized carbons (Fsp3) is 0.538. The molecule has 1 aliphatic heterocycles. The normalized spacial score (nSPS) is 20.7. The summed E-state index contributed by atoms with van der Waals surface area (Å²) in [6.45, 7) is 6.46. The van der Waals surface area contributed by atoms with Crippen molar-refractivity contribution in [3.8, 4) is 0 Å². The molecule has 2 nitrogen and oxygen atoms in total. The highest BCUT2D eigenvalue weighted by Gasteiger charge is 2.46. The molecule has 0 atom stereocenters. The van der Waals surface area contributed by atoms with E-state index in [1.807, 2.05) is 6.07 Å². The Morgan fingerprint density at radius 2 is 1.69 bits per heavy atom. The first-order valence-corrected chi connectivity index (χ1v) is 9.05. The molecule has 3 heteroatoms. The number of piperidine rings is 1. The van der Waals surface area contributed by atoms with Crippen molar-refractivity contribution >= 4 is 13.3 Å². The summed E-state index contributed by atoms with van der Waals surface area (Å²) in [5.74, 6) is 0. The van der Waals surface area contributed by atoms with Crippen molar-refractivity contribution in [3.05, 3.63) is 30.3 Å². The maximum absolute atomic E-state index is 10.9. The third-order valence-electron chi connectivity index (χ3n) is 4.09. The molecular weight excluding hydrogens is 214 g/mol. The highest BCUT2D eigenvalue weighted by Crippen LogP contribution is 2.29. The van der Waals surface area contributed by atoms with Crippen LogP contribution in [0.5, 0.6) is 0 Å². The molecule has 2 rings (SSSR count). The van der Waals surface area contributed by atoms with E-state index in [0.717, 1.165) is 25.9 Å². The molecule has 16 heavy (non-hydrogen) atoms. The summed E-state index contributed by atoms with van der Waals surface area (Å²) in [6.07, 6.45) is 1.78. The Hall–Kier alpha value is -0.643. The summed E-state index contributed by atoms with van der Waals surface area (Å²) >= 11 is 0. The second kappa shape index (κ2) is 4.32. The summed E-state index contributed by atoms with van der Waals surface area (Å²) in [5, 5.41) is 15.1. The van der Waals surface area contributed by atoms with Crippen LogP contribution in [0.3, 0.4) is 0 Å². The zero-order chi connectivity index (χ0) is 11.6. The number of hydrogen-bond acceptors (Lipinski definition) is 2. The number of rotatable bonds is 2. The van der Waals surface area contributed by atoms with Gasteiger partial charge in [0.15, 0.2) is 0 Å². The molecule has 0 radical (unpaired) electrons. The van der Waals surface area contributed by atoms with Gasteiger partial charge in [0.05, 0.1) is 5.22 Å². The zero-order valence-electron chi connectivity index (χ0n) is 10.2. The van der Waals surface area contributed by atoms with Crippen LogP contribution in [0.15, 0.2) is 30.3 Å². The van der Waals surface area contributed by atoms with Crippen molar-refractivity contribution in [1.82, 2.24) is 5.32 Å². The average Bonchev–Trinajstić information content (AvgIpc) is 2.31. The maximum atomic E-state index is 10.9.